The van der Waals surface area contributed by atoms with Gasteiger partial charge in [-0.05, 0) is 41.7 Å². The Bertz CT molecular complexity index is 1060. The van der Waals surface area contributed by atoms with Crippen molar-refractivity contribution < 1.29 is 9.59 Å². The number of benzene rings is 3. The fourth-order valence-electron chi connectivity index (χ4n) is 3.75. The SMILES string of the molecule is Cc1ccc(CC(=O)N(Cc2ccc(Br)cc2)[C@@H](Cc2ccccc2)C(=O)NCC(C)C)cc1. The van der Waals surface area contributed by atoms with Gasteiger partial charge in [0.1, 0.15) is 6.04 Å². The normalized spacial score (nSPS) is 11.8. The van der Waals surface area contributed by atoms with Crippen LogP contribution >= 0.6 is 15.9 Å². The van der Waals surface area contributed by atoms with Crippen molar-refractivity contribution in [3.63, 3.8) is 0 Å². The van der Waals surface area contributed by atoms with Crippen LogP contribution in [0.4, 0.5) is 0 Å². The number of amides is 2. The number of hydrogen-bond donors (Lipinski definition) is 1. The van der Waals surface area contributed by atoms with Gasteiger partial charge in [0.2, 0.25) is 11.8 Å². The van der Waals surface area contributed by atoms with Crippen LogP contribution in [0.2, 0.25) is 0 Å². The highest BCUT2D eigenvalue weighted by molar-refractivity contribution is 9.10. The van der Waals surface area contributed by atoms with Crippen molar-refractivity contribution in [3.8, 4) is 0 Å². The zero-order chi connectivity index (χ0) is 24.5. The third-order valence-corrected chi connectivity index (χ3v) is 6.23. The lowest BCUT2D eigenvalue weighted by molar-refractivity contribution is -0.140. The molecule has 4 nitrogen and oxygen atoms in total. The molecule has 0 aromatic heterocycles. The van der Waals surface area contributed by atoms with Gasteiger partial charge in [0, 0.05) is 24.0 Å². The van der Waals surface area contributed by atoms with Crippen LogP contribution in [0.15, 0.2) is 83.3 Å². The van der Waals surface area contributed by atoms with E-state index in [-0.39, 0.29) is 18.2 Å². The average molecular weight is 521 g/mol. The summed E-state index contributed by atoms with van der Waals surface area (Å²) in [5.74, 6) is 0.142. The second kappa shape index (κ2) is 12.5. The molecule has 178 valence electrons. The number of hydrogen-bond acceptors (Lipinski definition) is 2. The van der Waals surface area contributed by atoms with Gasteiger partial charge < -0.3 is 10.2 Å². The third kappa shape index (κ3) is 7.84. The smallest absolute Gasteiger partial charge is 0.243 e. The first kappa shape index (κ1) is 25.7. The third-order valence-electron chi connectivity index (χ3n) is 5.70. The highest BCUT2D eigenvalue weighted by Crippen LogP contribution is 2.18. The maximum absolute atomic E-state index is 13.7. The monoisotopic (exact) mass is 520 g/mol. The molecule has 5 heteroatoms. The first-order chi connectivity index (χ1) is 16.3. The summed E-state index contributed by atoms with van der Waals surface area (Å²) in [6.07, 6.45) is 0.709. The molecule has 34 heavy (non-hydrogen) atoms. The summed E-state index contributed by atoms with van der Waals surface area (Å²) in [5.41, 5.74) is 4.10. The molecule has 3 rings (SSSR count). The Morgan fingerprint density at radius 1 is 0.853 bits per heavy atom. The van der Waals surface area contributed by atoms with Gasteiger partial charge in [-0.1, -0.05) is 102 Å². The lowest BCUT2D eigenvalue weighted by Crippen LogP contribution is -2.51. The number of nitrogens with one attached hydrogen (secondary N) is 1. The van der Waals surface area contributed by atoms with Crippen molar-refractivity contribution in [2.24, 2.45) is 5.92 Å². The molecule has 0 aliphatic carbocycles. The number of rotatable bonds is 10. The fourth-order valence-corrected chi connectivity index (χ4v) is 4.01. The molecule has 0 spiro atoms. The average Bonchev–Trinajstić information content (AvgIpc) is 2.83. The van der Waals surface area contributed by atoms with Crippen molar-refractivity contribution in [1.29, 1.82) is 0 Å². The minimum atomic E-state index is -0.609. The Hall–Kier alpha value is -2.92. The molecule has 0 aliphatic heterocycles. The molecular formula is C29H33BrN2O2. The molecule has 0 aliphatic rings. The molecule has 2 amide bonds. The molecule has 0 radical (unpaired) electrons. The van der Waals surface area contributed by atoms with Crippen molar-refractivity contribution >= 4 is 27.7 Å². The lowest BCUT2D eigenvalue weighted by Gasteiger charge is -2.32. The van der Waals surface area contributed by atoms with E-state index >= 15 is 0 Å². The Balaban J connectivity index is 1.93. The summed E-state index contributed by atoms with van der Waals surface area (Å²) in [5, 5.41) is 3.06. The predicted octanol–water partition coefficient (Wildman–Crippen LogP) is 5.71. The van der Waals surface area contributed by atoms with Crippen LogP contribution in [0.1, 0.15) is 36.1 Å². The molecule has 1 N–H and O–H groups in total. The van der Waals surface area contributed by atoms with Crippen molar-refractivity contribution in [2.75, 3.05) is 6.54 Å². The lowest BCUT2D eigenvalue weighted by atomic mass is 10.0. The van der Waals surface area contributed by atoms with E-state index in [2.05, 4.69) is 35.1 Å². The van der Waals surface area contributed by atoms with Crippen LogP contribution in [-0.2, 0) is 29.0 Å². The number of aryl methyl sites for hydroxylation is 1. The van der Waals surface area contributed by atoms with Crippen molar-refractivity contribution in [3.05, 3.63) is 106 Å². The van der Waals surface area contributed by atoms with Crippen molar-refractivity contribution in [1.82, 2.24) is 10.2 Å². The number of carbonyl (C=O) groups is 2. The molecule has 0 fully saturated rings. The quantitative estimate of drug-likeness (QED) is 0.372. The highest BCUT2D eigenvalue weighted by Gasteiger charge is 2.30. The number of carbonyl (C=O) groups excluding carboxylic acids is 2. The molecule has 1 atom stereocenters. The molecule has 0 bridgehead atoms. The highest BCUT2D eigenvalue weighted by atomic mass is 79.9. The van der Waals surface area contributed by atoms with Crippen LogP contribution in [0, 0.1) is 12.8 Å². The maximum atomic E-state index is 13.7. The Morgan fingerprint density at radius 2 is 1.47 bits per heavy atom. The van der Waals surface area contributed by atoms with E-state index in [1.807, 2.05) is 85.8 Å². The summed E-state index contributed by atoms with van der Waals surface area (Å²) >= 11 is 3.48. The van der Waals surface area contributed by atoms with Gasteiger partial charge in [0.25, 0.3) is 0 Å². The zero-order valence-electron chi connectivity index (χ0n) is 20.1. The van der Waals surface area contributed by atoms with E-state index in [9.17, 15) is 9.59 Å². The van der Waals surface area contributed by atoms with Crippen molar-refractivity contribution in [2.45, 2.75) is 46.2 Å². The molecule has 0 saturated heterocycles. The molecule has 3 aromatic carbocycles. The summed E-state index contributed by atoms with van der Waals surface area (Å²) < 4.78 is 0.976. The summed E-state index contributed by atoms with van der Waals surface area (Å²) in [7, 11) is 0. The van der Waals surface area contributed by atoms with Gasteiger partial charge in [-0.3, -0.25) is 9.59 Å². The van der Waals surface area contributed by atoms with E-state index in [0.29, 0.717) is 25.4 Å². The summed E-state index contributed by atoms with van der Waals surface area (Å²) in [6.45, 7) is 7.09. The van der Waals surface area contributed by atoms with E-state index in [1.54, 1.807) is 4.90 Å². The van der Waals surface area contributed by atoms with Gasteiger partial charge in [-0.25, -0.2) is 0 Å². The largest absolute Gasteiger partial charge is 0.354 e. The summed E-state index contributed by atoms with van der Waals surface area (Å²) in [6, 6.07) is 25.2. The summed E-state index contributed by atoms with van der Waals surface area (Å²) in [4.78, 5) is 28.8. The Morgan fingerprint density at radius 3 is 2.09 bits per heavy atom. The van der Waals surface area contributed by atoms with E-state index in [0.717, 1.165) is 26.7 Å². The van der Waals surface area contributed by atoms with Gasteiger partial charge in [0.05, 0.1) is 6.42 Å². The Kier molecular flexibility index (Phi) is 9.46. The van der Waals surface area contributed by atoms with E-state index in [1.165, 1.54) is 0 Å². The minimum absolute atomic E-state index is 0.0626. The van der Waals surface area contributed by atoms with Crippen LogP contribution in [-0.4, -0.2) is 29.3 Å². The van der Waals surface area contributed by atoms with Crippen LogP contribution in [0.25, 0.3) is 0 Å². The molecule has 0 saturated carbocycles. The first-order valence-electron chi connectivity index (χ1n) is 11.7. The second-order valence-electron chi connectivity index (χ2n) is 9.16. The molecule has 0 unspecified atom stereocenters. The molecule has 3 aromatic rings. The topological polar surface area (TPSA) is 49.4 Å². The second-order valence-corrected chi connectivity index (χ2v) is 10.1. The fraction of sp³-hybridized carbons (Fsp3) is 0.310. The van der Waals surface area contributed by atoms with Gasteiger partial charge in [-0.15, -0.1) is 0 Å². The standard InChI is InChI=1S/C29H33BrN2O2/c1-21(2)19-31-29(34)27(17-23-7-5-4-6-8-23)32(20-25-13-15-26(30)16-14-25)28(33)18-24-11-9-22(3)10-12-24/h4-16,21,27H,17-20H2,1-3H3,(H,31,34)/t27-/m0/s1. The van der Waals surface area contributed by atoms with Crippen LogP contribution in [0.3, 0.4) is 0 Å². The van der Waals surface area contributed by atoms with E-state index in [4.69, 9.17) is 0 Å². The minimum Gasteiger partial charge on any atom is -0.354 e. The van der Waals surface area contributed by atoms with Gasteiger partial charge in [0.15, 0.2) is 0 Å². The van der Waals surface area contributed by atoms with Gasteiger partial charge >= 0.3 is 0 Å². The van der Waals surface area contributed by atoms with Crippen LogP contribution < -0.4 is 5.32 Å². The predicted molar refractivity (Wildman–Crippen MR) is 141 cm³/mol. The molecule has 0 heterocycles. The first-order valence-corrected chi connectivity index (χ1v) is 12.5. The Labute approximate surface area is 211 Å². The van der Waals surface area contributed by atoms with Gasteiger partial charge in [-0.2, -0.15) is 0 Å². The number of nitrogens with zero attached hydrogens (tertiary/aromatic N) is 1. The molecular weight excluding hydrogens is 488 g/mol. The maximum Gasteiger partial charge on any atom is 0.243 e. The van der Waals surface area contributed by atoms with E-state index < -0.39 is 6.04 Å². The van der Waals surface area contributed by atoms with Crippen LogP contribution in [0.5, 0.6) is 0 Å². The zero-order valence-corrected chi connectivity index (χ0v) is 21.7. The number of halogens is 1.